The van der Waals surface area contributed by atoms with Crippen LogP contribution in [0.1, 0.15) is 51.1 Å². The van der Waals surface area contributed by atoms with E-state index in [0.717, 1.165) is 32.4 Å². The van der Waals surface area contributed by atoms with E-state index >= 15 is 0 Å². The van der Waals surface area contributed by atoms with Gasteiger partial charge in [-0.3, -0.25) is 9.69 Å². The zero-order valence-corrected chi connectivity index (χ0v) is 13.2. The third kappa shape index (κ3) is 4.85. The van der Waals surface area contributed by atoms with Crippen molar-refractivity contribution in [3.63, 3.8) is 0 Å². The van der Waals surface area contributed by atoms with Crippen molar-refractivity contribution in [1.29, 1.82) is 0 Å². The van der Waals surface area contributed by atoms with E-state index in [1.165, 1.54) is 5.56 Å². The lowest BCUT2D eigenvalue weighted by atomic mass is 9.89. The molecule has 1 N–H and O–H groups in total. The van der Waals surface area contributed by atoms with E-state index in [4.69, 9.17) is 5.11 Å². The van der Waals surface area contributed by atoms with E-state index in [2.05, 4.69) is 49.1 Å². The van der Waals surface area contributed by atoms with Gasteiger partial charge in [0.25, 0.3) is 0 Å². The molecule has 1 aliphatic heterocycles. The molecule has 1 heterocycles. The zero-order valence-electron chi connectivity index (χ0n) is 13.2. The molecule has 21 heavy (non-hydrogen) atoms. The van der Waals surface area contributed by atoms with E-state index in [1.807, 2.05) is 0 Å². The second-order valence-electron chi connectivity index (χ2n) is 6.66. The second kappa shape index (κ2) is 7.60. The number of carbonyl (C=O) groups is 1. The standard InChI is InChI=1S/C18H27NO2/c1-14(2)11-17(16-8-4-3-5-9-16)19-10-6-7-15(13-19)12-18(20)21/h3-5,8-9,14-15,17H,6-7,10-13H2,1-2H3,(H,20,21). The smallest absolute Gasteiger partial charge is 0.303 e. The van der Waals surface area contributed by atoms with E-state index in [9.17, 15) is 4.79 Å². The summed E-state index contributed by atoms with van der Waals surface area (Å²) >= 11 is 0. The highest BCUT2D eigenvalue weighted by molar-refractivity contribution is 5.67. The minimum absolute atomic E-state index is 0.301. The van der Waals surface area contributed by atoms with Crippen LogP contribution in [-0.2, 0) is 4.79 Å². The Kier molecular flexibility index (Phi) is 5.80. The first-order valence-corrected chi connectivity index (χ1v) is 8.07. The van der Waals surface area contributed by atoms with Gasteiger partial charge in [0.1, 0.15) is 0 Å². The minimum atomic E-state index is -0.665. The molecule has 1 aliphatic rings. The van der Waals surface area contributed by atoms with Crippen LogP contribution in [0.2, 0.25) is 0 Å². The molecule has 1 aromatic rings. The van der Waals surface area contributed by atoms with Crippen LogP contribution in [0.5, 0.6) is 0 Å². The number of hydrogen-bond donors (Lipinski definition) is 1. The highest BCUT2D eigenvalue weighted by atomic mass is 16.4. The summed E-state index contributed by atoms with van der Waals surface area (Å²) in [6, 6.07) is 11.1. The summed E-state index contributed by atoms with van der Waals surface area (Å²) in [6.07, 6.45) is 3.59. The fourth-order valence-corrected chi connectivity index (χ4v) is 3.41. The Morgan fingerprint density at radius 1 is 1.33 bits per heavy atom. The maximum absolute atomic E-state index is 11.0. The molecular formula is C18H27NO2. The number of benzene rings is 1. The summed E-state index contributed by atoms with van der Waals surface area (Å²) in [5.74, 6) is 0.270. The van der Waals surface area contributed by atoms with Gasteiger partial charge < -0.3 is 5.11 Å². The van der Waals surface area contributed by atoms with Crippen LogP contribution in [0.3, 0.4) is 0 Å². The molecule has 2 atom stereocenters. The van der Waals surface area contributed by atoms with Gasteiger partial charge >= 0.3 is 5.97 Å². The van der Waals surface area contributed by atoms with Gasteiger partial charge in [0.2, 0.25) is 0 Å². The average Bonchev–Trinajstić information content (AvgIpc) is 2.45. The lowest BCUT2D eigenvalue weighted by molar-refractivity contribution is -0.138. The van der Waals surface area contributed by atoms with Crippen molar-refractivity contribution >= 4 is 5.97 Å². The molecular weight excluding hydrogens is 262 g/mol. The first-order chi connectivity index (χ1) is 10.1. The Morgan fingerprint density at radius 3 is 2.67 bits per heavy atom. The molecule has 0 saturated carbocycles. The Bertz CT molecular complexity index is 444. The maximum atomic E-state index is 11.0. The topological polar surface area (TPSA) is 40.5 Å². The normalized spacial score (nSPS) is 21.4. The third-order valence-corrected chi connectivity index (χ3v) is 4.33. The molecule has 116 valence electrons. The van der Waals surface area contributed by atoms with Crippen molar-refractivity contribution < 1.29 is 9.90 Å². The van der Waals surface area contributed by atoms with Gasteiger partial charge in [-0.2, -0.15) is 0 Å². The number of carboxylic acid groups (broad SMARTS) is 1. The molecule has 1 saturated heterocycles. The maximum Gasteiger partial charge on any atom is 0.303 e. The molecule has 0 aromatic heterocycles. The molecule has 0 amide bonds. The van der Waals surface area contributed by atoms with Crippen LogP contribution >= 0.6 is 0 Å². The van der Waals surface area contributed by atoms with E-state index < -0.39 is 5.97 Å². The van der Waals surface area contributed by atoms with Crippen molar-refractivity contribution in [2.75, 3.05) is 13.1 Å². The summed E-state index contributed by atoms with van der Waals surface area (Å²) in [6.45, 7) is 6.52. The molecule has 0 spiro atoms. The number of nitrogens with zero attached hydrogens (tertiary/aromatic N) is 1. The predicted octanol–water partition coefficient (Wildman–Crippen LogP) is 3.96. The number of hydrogen-bond acceptors (Lipinski definition) is 2. The van der Waals surface area contributed by atoms with Crippen LogP contribution in [-0.4, -0.2) is 29.1 Å². The number of piperidine rings is 1. The van der Waals surface area contributed by atoms with Crippen molar-refractivity contribution in [1.82, 2.24) is 4.90 Å². The number of rotatable bonds is 6. The largest absolute Gasteiger partial charge is 0.481 e. The van der Waals surface area contributed by atoms with Gasteiger partial charge in [-0.15, -0.1) is 0 Å². The fourth-order valence-electron chi connectivity index (χ4n) is 3.41. The Labute approximate surface area is 128 Å². The lowest BCUT2D eigenvalue weighted by Gasteiger charge is -2.39. The van der Waals surface area contributed by atoms with Crippen LogP contribution in [0.4, 0.5) is 0 Å². The first kappa shape index (κ1) is 16.0. The van der Waals surface area contributed by atoms with Gasteiger partial charge in [-0.05, 0) is 43.2 Å². The van der Waals surface area contributed by atoms with Gasteiger partial charge in [-0.1, -0.05) is 44.2 Å². The number of carboxylic acids is 1. The summed E-state index contributed by atoms with van der Waals surface area (Å²) in [5, 5.41) is 9.03. The van der Waals surface area contributed by atoms with Crippen LogP contribution < -0.4 is 0 Å². The first-order valence-electron chi connectivity index (χ1n) is 8.07. The fraction of sp³-hybridized carbons (Fsp3) is 0.611. The minimum Gasteiger partial charge on any atom is -0.481 e. The lowest BCUT2D eigenvalue weighted by Crippen LogP contribution is -2.39. The summed E-state index contributed by atoms with van der Waals surface area (Å²) in [7, 11) is 0. The monoisotopic (exact) mass is 289 g/mol. The molecule has 0 bridgehead atoms. The SMILES string of the molecule is CC(C)CC(c1ccccc1)N1CCCC(CC(=O)O)C1. The molecule has 3 nitrogen and oxygen atoms in total. The van der Waals surface area contributed by atoms with E-state index in [1.54, 1.807) is 0 Å². The molecule has 2 unspecified atom stereocenters. The zero-order chi connectivity index (χ0) is 15.2. The Morgan fingerprint density at radius 2 is 2.05 bits per heavy atom. The van der Waals surface area contributed by atoms with Gasteiger partial charge in [-0.25, -0.2) is 0 Å². The highest BCUT2D eigenvalue weighted by Gasteiger charge is 2.28. The quantitative estimate of drug-likeness (QED) is 0.861. The van der Waals surface area contributed by atoms with Gasteiger partial charge in [0.15, 0.2) is 0 Å². The number of aliphatic carboxylic acids is 1. The average molecular weight is 289 g/mol. The second-order valence-corrected chi connectivity index (χ2v) is 6.66. The van der Waals surface area contributed by atoms with Crippen LogP contribution in [0, 0.1) is 11.8 Å². The Balaban J connectivity index is 2.10. The van der Waals surface area contributed by atoms with Crippen molar-refractivity contribution in [3.05, 3.63) is 35.9 Å². The van der Waals surface area contributed by atoms with Crippen LogP contribution in [0.25, 0.3) is 0 Å². The molecule has 1 aromatic carbocycles. The summed E-state index contributed by atoms with van der Waals surface area (Å²) in [4.78, 5) is 13.5. The Hall–Kier alpha value is -1.35. The number of likely N-dealkylation sites (tertiary alicyclic amines) is 1. The highest BCUT2D eigenvalue weighted by Crippen LogP contribution is 2.32. The van der Waals surface area contributed by atoms with Crippen molar-refractivity contribution in [2.24, 2.45) is 11.8 Å². The predicted molar refractivity (Wildman–Crippen MR) is 85.2 cm³/mol. The third-order valence-electron chi connectivity index (χ3n) is 4.33. The molecule has 2 rings (SSSR count). The summed E-state index contributed by atoms with van der Waals surface area (Å²) < 4.78 is 0. The molecule has 3 heteroatoms. The van der Waals surface area contributed by atoms with Gasteiger partial charge in [0.05, 0.1) is 0 Å². The summed E-state index contributed by atoms with van der Waals surface area (Å²) in [5.41, 5.74) is 1.36. The molecule has 0 aliphatic carbocycles. The molecule has 0 radical (unpaired) electrons. The van der Waals surface area contributed by atoms with E-state index in [-0.39, 0.29) is 0 Å². The van der Waals surface area contributed by atoms with Crippen molar-refractivity contribution in [3.8, 4) is 0 Å². The van der Waals surface area contributed by atoms with E-state index in [0.29, 0.717) is 24.3 Å². The van der Waals surface area contributed by atoms with Crippen LogP contribution in [0.15, 0.2) is 30.3 Å². The van der Waals surface area contributed by atoms with Crippen molar-refractivity contribution in [2.45, 2.75) is 45.6 Å². The molecule has 1 fully saturated rings. The van der Waals surface area contributed by atoms with Gasteiger partial charge in [0, 0.05) is 19.0 Å².